The minimum Gasteiger partial charge on any atom is -0.456 e. The minimum absolute atomic E-state index is 0.0974. The van der Waals surface area contributed by atoms with Gasteiger partial charge in [0.05, 0.1) is 17.8 Å². The van der Waals surface area contributed by atoms with Gasteiger partial charge in [0.1, 0.15) is 6.54 Å². The number of carbonyl (C=O) groups is 3. The van der Waals surface area contributed by atoms with Crippen molar-refractivity contribution in [1.29, 1.82) is 0 Å². The van der Waals surface area contributed by atoms with Crippen LogP contribution in [0.3, 0.4) is 0 Å². The Morgan fingerprint density at radius 1 is 1.15 bits per heavy atom. The van der Waals surface area contributed by atoms with Crippen LogP contribution in [0.5, 0.6) is 0 Å². The molecule has 0 aromatic heterocycles. The van der Waals surface area contributed by atoms with Crippen molar-refractivity contribution in [3.63, 3.8) is 0 Å². The van der Waals surface area contributed by atoms with Gasteiger partial charge < -0.3 is 10.1 Å². The number of hydrogen-bond donors (Lipinski definition) is 1. The predicted molar refractivity (Wildman–Crippen MR) is 105 cm³/mol. The maximum atomic E-state index is 12.4. The van der Waals surface area contributed by atoms with Crippen LogP contribution < -0.4 is 10.2 Å². The molecule has 1 heterocycles. The van der Waals surface area contributed by atoms with Crippen molar-refractivity contribution in [2.24, 2.45) is 0 Å². The van der Waals surface area contributed by atoms with Crippen molar-refractivity contribution < 1.29 is 19.1 Å². The van der Waals surface area contributed by atoms with E-state index in [-0.39, 0.29) is 18.9 Å². The summed E-state index contributed by atoms with van der Waals surface area (Å²) in [5, 5.41) is 3.36. The van der Waals surface area contributed by atoms with Gasteiger partial charge in [0.25, 0.3) is 5.91 Å². The number of fused-ring (bicyclic) bond motifs is 1. The fourth-order valence-corrected chi connectivity index (χ4v) is 3.49. The number of rotatable bonds is 6. The Hall–Kier alpha value is -2.51. The lowest BCUT2D eigenvalue weighted by Crippen LogP contribution is -2.44. The van der Waals surface area contributed by atoms with Crippen LogP contribution in [0, 0.1) is 0 Å². The average molecular weight is 405 g/mol. The van der Waals surface area contributed by atoms with Crippen molar-refractivity contribution in [3.05, 3.63) is 53.6 Å². The molecule has 27 heavy (non-hydrogen) atoms. The van der Waals surface area contributed by atoms with E-state index in [2.05, 4.69) is 5.32 Å². The van der Waals surface area contributed by atoms with E-state index in [9.17, 15) is 14.4 Å². The van der Waals surface area contributed by atoms with Gasteiger partial charge in [0.2, 0.25) is 5.91 Å². The topological polar surface area (TPSA) is 75.7 Å². The normalized spacial score (nSPS) is 12.9. The lowest BCUT2D eigenvalue weighted by atomic mass is 10.2. The summed E-state index contributed by atoms with van der Waals surface area (Å²) in [4.78, 5) is 38.3. The van der Waals surface area contributed by atoms with E-state index >= 15 is 0 Å². The largest absolute Gasteiger partial charge is 0.456 e. The minimum atomic E-state index is -0.459. The Kier molecular flexibility index (Phi) is 6.36. The van der Waals surface area contributed by atoms with Crippen LogP contribution >= 0.6 is 23.4 Å². The van der Waals surface area contributed by atoms with Gasteiger partial charge in [-0.05, 0) is 36.4 Å². The SMILES string of the molecule is O=C1CN(C(=O)COC(=O)CCSc2ccc(Cl)cc2)c2ccccc2N1. The van der Waals surface area contributed by atoms with Gasteiger partial charge in [-0.25, -0.2) is 0 Å². The van der Waals surface area contributed by atoms with Crippen LogP contribution in [0.1, 0.15) is 6.42 Å². The first kappa shape index (κ1) is 19.3. The van der Waals surface area contributed by atoms with Gasteiger partial charge >= 0.3 is 5.97 Å². The summed E-state index contributed by atoms with van der Waals surface area (Å²) in [7, 11) is 0. The first-order valence-electron chi connectivity index (χ1n) is 8.26. The quantitative estimate of drug-likeness (QED) is 0.590. The number of thioether (sulfide) groups is 1. The lowest BCUT2D eigenvalue weighted by Gasteiger charge is -2.28. The van der Waals surface area contributed by atoms with Gasteiger partial charge in [-0.2, -0.15) is 0 Å². The van der Waals surface area contributed by atoms with E-state index in [1.807, 2.05) is 12.1 Å². The van der Waals surface area contributed by atoms with Crippen molar-refractivity contribution in [3.8, 4) is 0 Å². The number of ether oxygens (including phenoxy) is 1. The molecule has 0 atom stereocenters. The summed E-state index contributed by atoms with van der Waals surface area (Å²) < 4.78 is 5.07. The highest BCUT2D eigenvalue weighted by atomic mass is 35.5. The predicted octanol–water partition coefficient (Wildman–Crippen LogP) is 3.35. The van der Waals surface area contributed by atoms with Gasteiger partial charge in [-0.1, -0.05) is 23.7 Å². The number of anilines is 2. The van der Waals surface area contributed by atoms with Crippen molar-refractivity contribution in [2.75, 3.05) is 29.1 Å². The van der Waals surface area contributed by atoms with Gasteiger partial charge in [0, 0.05) is 15.7 Å². The molecule has 140 valence electrons. The number of halogens is 1. The van der Waals surface area contributed by atoms with Crippen LogP contribution in [0.4, 0.5) is 11.4 Å². The first-order chi connectivity index (χ1) is 13.0. The van der Waals surface area contributed by atoms with E-state index < -0.39 is 18.5 Å². The van der Waals surface area contributed by atoms with Crippen molar-refractivity contribution in [1.82, 2.24) is 0 Å². The molecule has 8 heteroatoms. The summed E-state index contributed by atoms with van der Waals surface area (Å²) in [5.41, 5.74) is 1.16. The monoisotopic (exact) mass is 404 g/mol. The highest BCUT2D eigenvalue weighted by molar-refractivity contribution is 7.99. The van der Waals surface area contributed by atoms with E-state index in [0.717, 1.165) is 4.90 Å². The fourth-order valence-electron chi connectivity index (χ4n) is 2.53. The number of para-hydroxylation sites is 2. The third-order valence-electron chi connectivity index (χ3n) is 3.82. The summed E-state index contributed by atoms with van der Waals surface area (Å²) >= 11 is 7.33. The molecule has 2 amide bonds. The Labute approximate surface area is 165 Å². The van der Waals surface area contributed by atoms with E-state index in [0.29, 0.717) is 22.2 Å². The van der Waals surface area contributed by atoms with Crippen molar-refractivity contribution >= 4 is 52.5 Å². The summed E-state index contributed by atoms with van der Waals surface area (Å²) in [5.74, 6) is -0.646. The molecule has 3 rings (SSSR count). The standard InChI is InChI=1S/C19H17ClN2O4S/c20-13-5-7-14(8-6-13)27-10-9-19(25)26-12-18(24)22-11-17(23)21-15-3-1-2-4-16(15)22/h1-8H,9-12H2,(H,21,23). The molecule has 1 aliphatic heterocycles. The molecular weight excluding hydrogens is 388 g/mol. The zero-order chi connectivity index (χ0) is 19.2. The highest BCUT2D eigenvalue weighted by Crippen LogP contribution is 2.28. The second-order valence-electron chi connectivity index (χ2n) is 5.76. The molecule has 0 bridgehead atoms. The van der Waals surface area contributed by atoms with Gasteiger partial charge in [-0.15, -0.1) is 11.8 Å². The van der Waals surface area contributed by atoms with Crippen LogP contribution in [-0.4, -0.2) is 36.7 Å². The molecule has 2 aromatic carbocycles. The molecule has 0 spiro atoms. The molecule has 0 aliphatic carbocycles. The second kappa shape index (κ2) is 8.92. The lowest BCUT2D eigenvalue weighted by molar-refractivity contribution is -0.147. The number of benzene rings is 2. The number of nitrogens with zero attached hydrogens (tertiary/aromatic N) is 1. The average Bonchev–Trinajstić information content (AvgIpc) is 2.67. The molecule has 0 saturated carbocycles. The van der Waals surface area contributed by atoms with Crippen LogP contribution in [0.25, 0.3) is 0 Å². The Morgan fingerprint density at radius 3 is 2.67 bits per heavy atom. The maximum Gasteiger partial charge on any atom is 0.307 e. The number of esters is 1. The Balaban J connectivity index is 1.47. The number of hydrogen-bond acceptors (Lipinski definition) is 5. The van der Waals surface area contributed by atoms with E-state index in [4.69, 9.17) is 16.3 Å². The number of amides is 2. The third-order valence-corrected chi connectivity index (χ3v) is 5.08. The molecule has 2 aromatic rings. The van der Waals surface area contributed by atoms with Crippen LogP contribution in [0.15, 0.2) is 53.4 Å². The molecule has 1 N–H and O–H groups in total. The molecule has 1 aliphatic rings. The second-order valence-corrected chi connectivity index (χ2v) is 7.36. The molecular formula is C19H17ClN2O4S. The highest BCUT2D eigenvalue weighted by Gasteiger charge is 2.27. The molecule has 0 unspecified atom stereocenters. The zero-order valence-electron chi connectivity index (χ0n) is 14.3. The number of carbonyl (C=O) groups excluding carboxylic acids is 3. The van der Waals surface area contributed by atoms with Crippen LogP contribution in [0.2, 0.25) is 5.02 Å². The van der Waals surface area contributed by atoms with Crippen LogP contribution in [-0.2, 0) is 19.1 Å². The fraction of sp³-hybridized carbons (Fsp3) is 0.211. The first-order valence-corrected chi connectivity index (χ1v) is 9.62. The van der Waals surface area contributed by atoms with E-state index in [1.54, 1.807) is 36.4 Å². The maximum absolute atomic E-state index is 12.4. The molecule has 0 fully saturated rings. The summed E-state index contributed by atoms with van der Waals surface area (Å²) in [6.07, 6.45) is 0.178. The van der Waals surface area contributed by atoms with Crippen molar-refractivity contribution in [2.45, 2.75) is 11.3 Å². The smallest absolute Gasteiger partial charge is 0.307 e. The molecule has 0 saturated heterocycles. The molecule has 0 radical (unpaired) electrons. The third kappa shape index (κ3) is 5.24. The van der Waals surface area contributed by atoms with Gasteiger partial charge in [0.15, 0.2) is 6.61 Å². The summed E-state index contributed by atoms with van der Waals surface area (Å²) in [6.45, 7) is -0.494. The summed E-state index contributed by atoms with van der Waals surface area (Å²) in [6, 6.07) is 14.3. The van der Waals surface area contributed by atoms with Gasteiger partial charge in [-0.3, -0.25) is 19.3 Å². The zero-order valence-corrected chi connectivity index (χ0v) is 15.9. The van der Waals surface area contributed by atoms with E-state index in [1.165, 1.54) is 16.7 Å². The molecule has 6 nitrogen and oxygen atoms in total. The number of nitrogens with one attached hydrogen (secondary N) is 1. The Morgan fingerprint density at radius 2 is 1.89 bits per heavy atom. The Bertz CT molecular complexity index is 857.